The molecule has 0 unspecified atom stereocenters. The molecule has 0 aliphatic rings. The predicted molar refractivity (Wildman–Crippen MR) is 82.9 cm³/mol. The van der Waals surface area contributed by atoms with Crippen molar-refractivity contribution < 1.29 is 15.0 Å². The molecule has 110 valence electrons. The first-order valence-electron chi connectivity index (χ1n) is 6.81. The minimum atomic E-state index is -1.26. The largest absolute Gasteiger partial charge is 0.477 e. The number of rotatable bonds is 5. The van der Waals surface area contributed by atoms with Crippen molar-refractivity contribution in [3.05, 3.63) is 76.9 Å². The highest BCUT2D eigenvalue weighted by Gasteiger charge is 2.19. The van der Waals surface area contributed by atoms with Crippen LogP contribution < -0.4 is 0 Å². The average molecular weight is 293 g/mol. The maximum atomic E-state index is 11.5. The molecular weight excluding hydrogens is 278 g/mol. The summed E-state index contributed by atoms with van der Waals surface area (Å²) in [5, 5.41) is 27.8. The molecule has 0 saturated carbocycles. The molecular formula is C18H15NO3. The Morgan fingerprint density at radius 3 is 2.27 bits per heavy atom. The van der Waals surface area contributed by atoms with Gasteiger partial charge < -0.3 is 10.2 Å². The zero-order valence-electron chi connectivity index (χ0n) is 11.9. The van der Waals surface area contributed by atoms with E-state index in [4.69, 9.17) is 0 Å². The fourth-order valence-corrected chi connectivity index (χ4v) is 2.35. The summed E-state index contributed by atoms with van der Waals surface area (Å²) < 4.78 is 0. The third-order valence-electron chi connectivity index (χ3n) is 3.31. The van der Waals surface area contributed by atoms with E-state index in [0.717, 1.165) is 5.56 Å². The van der Waals surface area contributed by atoms with E-state index in [-0.39, 0.29) is 12.2 Å². The Kier molecular flexibility index (Phi) is 5.07. The number of benzene rings is 2. The van der Waals surface area contributed by atoms with Crippen molar-refractivity contribution in [1.82, 2.24) is 0 Å². The van der Waals surface area contributed by atoms with Crippen molar-refractivity contribution >= 4 is 11.5 Å². The summed E-state index contributed by atoms with van der Waals surface area (Å²) in [4.78, 5) is 11.5. The Morgan fingerprint density at radius 1 is 1.05 bits per heavy atom. The van der Waals surface area contributed by atoms with Crippen LogP contribution in [0.3, 0.4) is 0 Å². The van der Waals surface area contributed by atoms with E-state index in [2.05, 4.69) is 0 Å². The molecule has 0 bridgehead atoms. The second kappa shape index (κ2) is 7.21. The Balaban J connectivity index is 2.77. The van der Waals surface area contributed by atoms with Crippen LogP contribution in [0, 0.1) is 11.3 Å². The summed E-state index contributed by atoms with van der Waals surface area (Å²) in [5.41, 5.74) is 2.18. The summed E-state index contributed by atoms with van der Waals surface area (Å²) in [6.07, 6.45) is 0.394. The van der Waals surface area contributed by atoms with Gasteiger partial charge in [-0.15, -0.1) is 0 Å². The van der Waals surface area contributed by atoms with Crippen molar-refractivity contribution in [2.45, 2.75) is 6.42 Å². The van der Waals surface area contributed by atoms with Gasteiger partial charge in [0.25, 0.3) is 0 Å². The Bertz CT molecular complexity index is 742. The Morgan fingerprint density at radius 2 is 1.68 bits per heavy atom. The summed E-state index contributed by atoms with van der Waals surface area (Å²) in [6.45, 7) is -0.0476. The van der Waals surface area contributed by atoms with Gasteiger partial charge in [-0.25, -0.2) is 4.79 Å². The molecule has 0 aliphatic carbocycles. The first kappa shape index (κ1) is 15.5. The van der Waals surface area contributed by atoms with Crippen molar-refractivity contribution in [3.8, 4) is 6.07 Å². The highest BCUT2D eigenvalue weighted by Crippen LogP contribution is 2.29. The van der Waals surface area contributed by atoms with Crippen LogP contribution in [-0.4, -0.2) is 22.8 Å². The number of carboxylic acid groups (broad SMARTS) is 1. The Labute approximate surface area is 128 Å². The van der Waals surface area contributed by atoms with Crippen LogP contribution in [0.4, 0.5) is 0 Å². The molecule has 0 fully saturated rings. The van der Waals surface area contributed by atoms with Crippen LogP contribution in [0.25, 0.3) is 5.57 Å². The number of aliphatic carboxylic acids is 1. The number of aliphatic hydroxyl groups excluding tert-OH is 1. The number of carbonyl (C=O) groups is 1. The molecule has 0 amide bonds. The normalized spacial score (nSPS) is 11.5. The average Bonchev–Trinajstić information content (AvgIpc) is 2.54. The van der Waals surface area contributed by atoms with E-state index in [9.17, 15) is 20.3 Å². The van der Waals surface area contributed by atoms with Gasteiger partial charge in [-0.1, -0.05) is 54.6 Å². The molecule has 0 radical (unpaired) electrons. The smallest absolute Gasteiger partial charge is 0.347 e. The zero-order valence-corrected chi connectivity index (χ0v) is 11.9. The van der Waals surface area contributed by atoms with Crippen molar-refractivity contribution in [3.63, 3.8) is 0 Å². The molecule has 0 atom stereocenters. The lowest BCUT2D eigenvalue weighted by Crippen LogP contribution is -2.06. The van der Waals surface area contributed by atoms with Crippen LogP contribution in [0.5, 0.6) is 0 Å². The molecule has 0 spiro atoms. The third kappa shape index (κ3) is 3.22. The van der Waals surface area contributed by atoms with Gasteiger partial charge >= 0.3 is 5.97 Å². The lowest BCUT2D eigenvalue weighted by atomic mass is 9.89. The number of nitriles is 1. The quantitative estimate of drug-likeness (QED) is 0.656. The van der Waals surface area contributed by atoms with Crippen LogP contribution in [0.1, 0.15) is 16.7 Å². The second-order valence-electron chi connectivity index (χ2n) is 4.66. The van der Waals surface area contributed by atoms with E-state index in [1.807, 2.05) is 18.2 Å². The van der Waals surface area contributed by atoms with Crippen molar-refractivity contribution in [2.24, 2.45) is 0 Å². The van der Waals surface area contributed by atoms with Gasteiger partial charge in [-0.05, 0) is 23.1 Å². The molecule has 2 rings (SSSR count). The number of hydrogen-bond acceptors (Lipinski definition) is 3. The minimum Gasteiger partial charge on any atom is -0.477 e. The number of hydrogen-bond donors (Lipinski definition) is 2. The van der Waals surface area contributed by atoms with E-state index in [0.29, 0.717) is 23.1 Å². The molecule has 2 aromatic rings. The van der Waals surface area contributed by atoms with Gasteiger partial charge in [0.1, 0.15) is 11.6 Å². The molecule has 2 N–H and O–H groups in total. The first-order valence-corrected chi connectivity index (χ1v) is 6.81. The molecule has 0 heterocycles. The molecule has 22 heavy (non-hydrogen) atoms. The molecule has 2 aromatic carbocycles. The van der Waals surface area contributed by atoms with E-state index in [1.54, 1.807) is 42.5 Å². The van der Waals surface area contributed by atoms with Gasteiger partial charge in [-0.3, -0.25) is 0 Å². The molecule has 4 nitrogen and oxygen atoms in total. The standard InChI is InChI=1S/C18H15NO3/c19-12-16(18(21)22)17(14-7-2-1-3-8-14)15-9-5-4-6-13(15)10-11-20/h1-9,20H,10-11H2,(H,21,22). The summed E-state index contributed by atoms with van der Waals surface area (Å²) >= 11 is 0. The van der Waals surface area contributed by atoms with Gasteiger partial charge in [0.05, 0.1) is 0 Å². The fourth-order valence-electron chi connectivity index (χ4n) is 2.35. The summed E-state index contributed by atoms with van der Waals surface area (Å²) in [7, 11) is 0. The van der Waals surface area contributed by atoms with Gasteiger partial charge in [0, 0.05) is 12.2 Å². The molecule has 0 saturated heterocycles. The van der Waals surface area contributed by atoms with E-state index in [1.165, 1.54) is 0 Å². The third-order valence-corrected chi connectivity index (χ3v) is 3.31. The Hall–Kier alpha value is -2.90. The molecule has 0 aromatic heterocycles. The molecule has 0 aliphatic heterocycles. The maximum absolute atomic E-state index is 11.5. The van der Waals surface area contributed by atoms with Crippen LogP contribution in [-0.2, 0) is 11.2 Å². The number of carboxylic acids is 1. The van der Waals surface area contributed by atoms with Gasteiger partial charge in [0.15, 0.2) is 0 Å². The van der Waals surface area contributed by atoms with E-state index < -0.39 is 5.97 Å². The SMILES string of the molecule is N#CC(C(=O)O)=C(c1ccccc1)c1ccccc1CCO. The fraction of sp³-hybridized carbons (Fsp3) is 0.111. The lowest BCUT2D eigenvalue weighted by molar-refractivity contribution is -0.132. The molecule has 4 heteroatoms. The van der Waals surface area contributed by atoms with Crippen LogP contribution in [0.15, 0.2) is 60.2 Å². The van der Waals surface area contributed by atoms with E-state index >= 15 is 0 Å². The van der Waals surface area contributed by atoms with Crippen LogP contribution >= 0.6 is 0 Å². The highest BCUT2D eigenvalue weighted by atomic mass is 16.4. The lowest BCUT2D eigenvalue weighted by Gasteiger charge is -2.14. The number of aliphatic hydroxyl groups is 1. The number of nitrogens with zero attached hydrogens (tertiary/aromatic N) is 1. The summed E-state index contributed by atoms with van der Waals surface area (Å²) in [5.74, 6) is -1.26. The minimum absolute atomic E-state index is 0.0476. The van der Waals surface area contributed by atoms with Gasteiger partial charge in [-0.2, -0.15) is 5.26 Å². The summed E-state index contributed by atoms with van der Waals surface area (Å²) in [6, 6.07) is 17.9. The maximum Gasteiger partial charge on any atom is 0.347 e. The zero-order chi connectivity index (χ0) is 15.9. The van der Waals surface area contributed by atoms with Crippen molar-refractivity contribution in [1.29, 1.82) is 5.26 Å². The van der Waals surface area contributed by atoms with Gasteiger partial charge in [0.2, 0.25) is 0 Å². The van der Waals surface area contributed by atoms with Crippen LogP contribution in [0.2, 0.25) is 0 Å². The monoisotopic (exact) mass is 293 g/mol. The van der Waals surface area contributed by atoms with Crippen molar-refractivity contribution in [2.75, 3.05) is 6.61 Å². The highest BCUT2D eigenvalue weighted by molar-refractivity contribution is 6.04. The second-order valence-corrected chi connectivity index (χ2v) is 4.66. The first-order chi connectivity index (χ1) is 10.7. The predicted octanol–water partition coefficient (Wildman–Crippen LogP) is 2.63. The topological polar surface area (TPSA) is 81.3 Å².